The van der Waals surface area contributed by atoms with E-state index in [1.54, 1.807) is 37.4 Å². The zero-order valence-electron chi connectivity index (χ0n) is 19.2. The molecule has 0 amide bonds. The summed E-state index contributed by atoms with van der Waals surface area (Å²) >= 11 is 0. The van der Waals surface area contributed by atoms with Crippen molar-refractivity contribution in [1.82, 2.24) is 25.5 Å². The fraction of sp³-hybridized carbons (Fsp3) is 0.261. The molecule has 1 fully saturated rings. The number of halogens is 2. The van der Waals surface area contributed by atoms with E-state index in [-0.39, 0.29) is 24.2 Å². The Labute approximate surface area is 213 Å². The number of sulfonamides is 1. The summed E-state index contributed by atoms with van der Waals surface area (Å²) in [5.74, 6) is -0.0749. The minimum atomic E-state index is -4.10. The number of aryl methyl sites for hydroxylation is 1. The van der Waals surface area contributed by atoms with Gasteiger partial charge in [-0.2, -0.15) is 10.1 Å². The van der Waals surface area contributed by atoms with Gasteiger partial charge in [0.2, 0.25) is 5.88 Å². The summed E-state index contributed by atoms with van der Waals surface area (Å²) in [5, 5.41) is 10.7. The van der Waals surface area contributed by atoms with Gasteiger partial charge in [0.05, 0.1) is 12.8 Å². The van der Waals surface area contributed by atoms with E-state index < -0.39 is 20.7 Å². The number of fused-ring (bicyclic) bond motifs is 1. The van der Waals surface area contributed by atoms with Gasteiger partial charge >= 0.3 is 0 Å². The van der Waals surface area contributed by atoms with Crippen molar-refractivity contribution in [2.24, 2.45) is 0 Å². The van der Waals surface area contributed by atoms with Crippen LogP contribution in [0.2, 0.25) is 0 Å². The normalized spacial score (nSPS) is 15.9. The van der Waals surface area contributed by atoms with Gasteiger partial charge in [0.25, 0.3) is 10.0 Å². The number of morpholine rings is 1. The summed E-state index contributed by atoms with van der Waals surface area (Å²) in [6.07, 6.45) is 1.51. The number of aromatic amines is 1. The molecule has 5 rings (SSSR count). The zero-order valence-corrected chi connectivity index (χ0v) is 20.8. The van der Waals surface area contributed by atoms with Crippen molar-refractivity contribution in [2.75, 3.05) is 31.0 Å². The maximum Gasteiger partial charge on any atom is 0.264 e. The maximum absolute atomic E-state index is 14.1. The van der Waals surface area contributed by atoms with Gasteiger partial charge < -0.3 is 14.8 Å². The maximum atomic E-state index is 14.1. The number of anilines is 1. The molecule has 0 saturated carbocycles. The summed E-state index contributed by atoms with van der Waals surface area (Å²) in [7, 11) is -4.10. The SMILES string of the molecule is Cc1ccc(F)c(S(=O)(=O)Nc2ccc(-c3nc(OC[C@H]4CNCCO4)c4cn[nH]c4n3)cc2)c1.Cl. The molecule has 1 saturated heterocycles. The van der Waals surface area contributed by atoms with Gasteiger partial charge in [-0.15, -0.1) is 12.4 Å². The van der Waals surface area contributed by atoms with Crippen LogP contribution < -0.4 is 14.8 Å². The van der Waals surface area contributed by atoms with Crippen molar-refractivity contribution in [3.05, 3.63) is 60.0 Å². The van der Waals surface area contributed by atoms with Crippen LogP contribution in [0, 0.1) is 12.7 Å². The van der Waals surface area contributed by atoms with Crippen molar-refractivity contribution in [1.29, 1.82) is 0 Å². The van der Waals surface area contributed by atoms with E-state index in [1.807, 2.05) is 0 Å². The van der Waals surface area contributed by atoms with Crippen molar-refractivity contribution < 1.29 is 22.3 Å². The fourth-order valence-corrected chi connectivity index (χ4v) is 4.88. The monoisotopic (exact) mass is 534 g/mol. The van der Waals surface area contributed by atoms with Gasteiger partial charge in [-0.05, 0) is 48.9 Å². The summed E-state index contributed by atoms with van der Waals surface area (Å²) in [4.78, 5) is 8.63. The van der Waals surface area contributed by atoms with Crippen LogP contribution in [0.3, 0.4) is 0 Å². The molecule has 10 nitrogen and oxygen atoms in total. The average Bonchev–Trinajstić information content (AvgIpc) is 3.34. The molecular formula is C23H24ClFN6O4S. The lowest BCUT2D eigenvalue weighted by Gasteiger charge is -2.23. The minimum absolute atomic E-state index is 0. The number of nitrogens with one attached hydrogen (secondary N) is 3. The number of hydrogen-bond acceptors (Lipinski definition) is 8. The highest BCUT2D eigenvalue weighted by Crippen LogP contribution is 2.27. The number of H-pyrrole nitrogens is 1. The highest BCUT2D eigenvalue weighted by molar-refractivity contribution is 7.92. The van der Waals surface area contributed by atoms with E-state index in [0.717, 1.165) is 12.6 Å². The van der Waals surface area contributed by atoms with E-state index in [9.17, 15) is 12.8 Å². The molecule has 0 aliphatic carbocycles. The van der Waals surface area contributed by atoms with Crippen LogP contribution in [0.5, 0.6) is 5.88 Å². The molecule has 0 unspecified atom stereocenters. The van der Waals surface area contributed by atoms with Crippen LogP contribution in [-0.2, 0) is 14.8 Å². The van der Waals surface area contributed by atoms with Crippen LogP contribution in [0.15, 0.2) is 53.6 Å². The molecule has 1 aliphatic rings. The number of aromatic nitrogens is 4. The predicted molar refractivity (Wildman–Crippen MR) is 134 cm³/mol. The van der Waals surface area contributed by atoms with Gasteiger partial charge in [-0.3, -0.25) is 9.82 Å². The van der Waals surface area contributed by atoms with Gasteiger partial charge in [0.1, 0.15) is 28.8 Å². The second kappa shape index (κ2) is 10.7. The number of ether oxygens (including phenoxy) is 2. The van der Waals surface area contributed by atoms with Crippen LogP contribution in [-0.4, -0.2) is 61.0 Å². The standard InChI is InChI=1S/C23H23FN6O4S.ClH/c1-14-2-7-19(24)20(10-14)35(31,32)30-16-5-3-15(4-6-16)21-27-22-18(12-26-29-22)23(28-21)34-13-17-11-25-8-9-33-17;/h2-7,10,12,17,25,30H,8-9,11,13H2,1H3,(H,26,27,28,29);1H/t17-;/m1./s1. The molecule has 4 aromatic rings. The lowest BCUT2D eigenvalue weighted by molar-refractivity contribution is -0.000382. The molecule has 0 radical (unpaired) electrons. The Morgan fingerprint density at radius 1 is 1.19 bits per heavy atom. The van der Waals surface area contributed by atoms with E-state index in [0.29, 0.717) is 53.6 Å². The second-order valence-corrected chi connectivity index (χ2v) is 9.76. The lowest BCUT2D eigenvalue weighted by Crippen LogP contribution is -2.41. The first kappa shape index (κ1) is 25.8. The van der Waals surface area contributed by atoms with Crippen LogP contribution in [0.1, 0.15) is 5.56 Å². The van der Waals surface area contributed by atoms with Crippen molar-refractivity contribution >= 4 is 39.2 Å². The zero-order chi connectivity index (χ0) is 24.4. The van der Waals surface area contributed by atoms with E-state index in [4.69, 9.17) is 9.47 Å². The van der Waals surface area contributed by atoms with Gasteiger partial charge in [0, 0.05) is 24.3 Å². The topological polar surface area (TPSA) is 131 Å². The van der Waals surface area contributed by atoms with Crippen LogP contribution >= 0.6 is 12.4 Å². The Kier molecular flexibility index (Phi) is 7.69. The molecule has 3 N–H and O–H groups in total. The summed E-state index contributed by atoms with van der Waals surface area (Å²) in [6, 6.07) is 10.4. The Morgan fingerprint density at radius 3 is 2.75 bits per heavy atom. The third kappa shape index (κ3) is 5.57. The smallest absolute Gasteiger partial charge is 0.264 e. The number of nitrogens with zero attached hydrogens (tertiary/aromatic N) is 3. The van der Waals surface area contributed by atoms with E-state index in [1.165, 1.54) is 12.1 Å². The van der Waals surface area contributed by atoms with Gasteiger partial charge in [-0.25, -0.2) is 17.8 Å². The predicted octanol–water partition coefficient (Wildman–Crippen LogP) is 3.06. The third-order valence-corrected chi connectivity index (χ3v) is 6.85. The summed E-state index contributed by atoms with van der Waals surface area (Å²) in [6.45, 7) is 4.14. The fourth-order valence-electron chi connectivity index (χ4n) is 3.66. The molecule has 2 aromatic carbocycles. The molecule has 3 heterocycles. The Bertz CT molecular complexity index is 1460. The average molecular weight is 535 g/mol. The lowest BCUT2D eigenvalue weighted by atomic mass is 10.2. The van der Waals surface area contributed by atoms with Gasteiger partial charge in [0.15, 0.2) is 11.5 Å². The van der Waals surface area contributed by atoms with Gasteiger partial charge in [-0.1, -0.05) is 6.07 Å². The third-order valence-electron chi connectivity index (χ3n) is 5.46. The van der Waals surface area contributed by atoms with Crippen LogP contribution in [0.25, 0.3) is 22.4 Å². The molecule has 190 valence electrons. The molecule has 1 atom stereocenters. The molecule has 2 aromatic heterocycles. The molecule has 0 bridgehead atoms. The Hall–Kier alpha value is -3.32. The first-order valence-electron chi connectivity index (χ1n) is 10.9. The highest BCUT2D eigenvalue weighted by Gasteiger charge is 2.20. The quantitative estimate of drug-likeness (QED) is 0.330. The van der Waals surface area contributed by atoms with Crippen molar-refractivity contribution in [2.45, 2.75) is 17.9 Å². The molecule has 36 heavy (non-hydrogen) atoms. The van der Waals surface area contributed by atoms with Crippen molar-refractivity contribution in [3.63, 3.8) is 0 Å². The van der Waals surface area contributed by atoms with E-state index >= 15 is 0 Å². The highest BCUT2D eigenvalue weighted by atomic mass is 35.5. The Balaban J connectivity index is 0.00000304. The summed E-state index contributed by atoms with van der Waals surface area (Å²) < 4.78 is 53.5. The Morgan fingerprint density at radius 2 is 2.00 bits per heavy atom. The minimum Gasteiger partial charge on any atom is -0.474 e. The van der Waals surface area contributed by atoms with Crippen LogP contribution in [0.4, 0.5) is 10.1 Å². The molecule has 1 aliphatic heterocycles. The number of hydrogen-bond donors (Lipinski definition) is 3. The first-order valence-corrected chi connectivity index (χ1v) is 12.4. The summed E-state index contributed by atoms with van der Waals surface area (Å²) in [5.41, 5.74) is 2.05. The largest absolute Gasteiger partial charge is 0.474 e. The van der Waals surface area contributed by atoms with Crippen molar-refractivity contribution in [3.8, 4) is 17.3 Å². The second-order valence-electron chi connectivity index (χ2n) is 8.11. The molecule has 13 heteroatoms. The molecular weight excluding hydrogens is 511 g/mol. The van der Waals surface area contributed by atoms with E-state index in [2.05, 4.69) is 30.2 Å². The molecule has 0 spiro atoms. The first-order chi connectivity index (χ1) is 16.9. The number of benzene rings is 2. The number of rotatable bonds is 7.